The molecule has 1 aliphatic rings. The molecule has 0 amide bonds. The number of fused-ring (bicyclic) bond motifs is 1. The summed E-state index contributed by atoms with van der Waals surface area (Å²) in [6.07, 6.45) is 2.08. The van der Waals surface area contributed by atoms with Gasteiger partial charge in [-0.2, -0.15) is 0 Å². The summed E-state index contributed by atoms with van der Waals surface area (Å²) in [7, 11) is 0. The lowest BCUT2D eigenvalue weighted by Crippen LogP contribution is -2.26. The Bertz CT molecular complexity index is 669. The summed E-state index contributed by atoms with van der Waals surface area (Å²) in [5, 5.41) is 9.39. The Morgan fingerprint density at radius 1 is 1.15 bits per heavy atom. The Hall–Kier alpha value is -1.81. The van der Waals surface area contributed by atoms with Crippen molar-refractivity contribution in [1.29, 1.82) is 0 Å². The van der Waals surface area contributed by atoms with Crippen molar-refractivity contribution in [1.82, 2.24) is 0 Å². The Morgan fingerprint density at radius 3 is 2.75 bits per heavy atom. The minimum Gasteiger partial charge on any atom is -0.478 e. The van der Waals surface area contributed by atoms with Gasteiger partial charge in [0.2, 0.25) is 0 Å². The third kappa shape index (κ3) is 2.31. The fourth-order valence-corrected chi connectivity index (χ4v) is 3.04. The number of halogens is 1. The first-order valence-electron chi connectivity index (χ1n) is 6.55. The van der Waals surface area contributed by atoms with E-state index in [1.165, 1.54) is 5.56 Å². The molecule has 0 unspecified atom stereocenters. The smallest absolute Gasteiger partial charge is 0.337 e. The van der Waals surface area contributed by atoms with E-state index in [0.29, 0.717) is 5.56 Å². The molecular weight excluding hydrogens is 318 g/mol. The highest BCUT2D eigenvalue weighted by molar-refractivity contribution is 9.10. The predicted octanol–water partition coefficient (Wildman–Crippen LogP) is 4.23. The molecular formula is C16H14BrNO2. The second-order valence-corrected chi connectivity index (χ2v) is 5.77. The first-order valence-corrected chi connectivity index (χ1v) is 7.34. The van der Waals surface area contributed by atoms with E-state index in [0.717, 1.165) is 35.2 Å². The van der Waals surface area contributed by atoms with E-state index in [1.807, 2.05) is 18.2 Å². The van der Waals surface area contributed by atoms with Crippen molar-refractivity contribution in [3.05, 3.63) is 58.1 Å². The van der Waals surface area contributed by atoms with Gasteiger partial charge in [-0.05, 0) is 42.7 Å². The largest absolute Gasteiger partial charge is 0.478 e. The molecule has 0 atom stereocenters. The number of aryl methyl sites for hydroxylation is 1. The molecule has 0 saturated carbocycles. The normalized spacial score (nSPS) is 13.9. The molecule has 1 N–H and O–H groups in total. The van der Waals surface area contributed by atoms with E-state index in [2.05, 4.69) is 33.0 Å². The van der Waals surface area contributed by atoms with E-state index in [1.54, 1.807) is 12.1 Å². The maximum atomic E-state index is 11.4. The third-order valence-electron chi connectivity index (χ3n) is 3.59. The standard InChI is InChI=1S/C16H14BrNO2/c17-12-7-8-13(16(19)20)15(10-12)18-9-3-5-11-4-1-2-6-14(11)18/h1-2,4,6-8,10H,3,5,9H2,(H,19,20). The van der Waals surface area contributed by atoms with Crippen molar-refractivity contribution in [2.45, 2.75) is 12.8 Å². The highest BCUT2D eigenvalue weighted by Crippen LogP contribution is 2.36. The Morgan fingerprint density at radius 2 is 1.95 bits per heavy atom. The first kappa shape index (κ1) is 13.2. The zero-order valence-electron chi connectivity index (χ0n) is 10.8. The highest BCUT2D eigenvalue weighted by Gasteiger charge is 2.22. The second-order valence-electron chi connectivity index (χ2n) is 4.85. The summed E-state index contributed by atoms with van der Waals surface area (Å²) >= 11 is 3.43. The molecule has 0 spiro atoms. The number of para-hydroxylation sites is 1. The molecule has 1 aliphatic heterocycles. The van der Waals surface area contributed by atoms with Crippen molar-refractivity contribution in [3.8, 4) is 0 Å². The molecule has 2 aromatic carbocycles. The number of hydrogen-bond acceptors (Lipinski definition) is 2. The maximum absolute atomic E-state index is 11.4. The van der Waals surface area contributed by atoms with Crippen LogP contribution in [0.3, 0.4) is 0 Å². The lowest BCUT2D eigenvalue weighted by atomic mass is 10.00. The van der Waals surface area contributed by atoms with E-state index in [9.17, 15) is 9.90 Å². The highest BCUT2D eigenvalue weighted by atomic mass is 79.9. The molecule has 0 fully saturated rings. The zero-order valence-corrected chi connectivity index (χ0v) is 12.4. The molecule has 0 aromatic heterocycles. The van der Waals surface area contributed by atoms with Crippen LogP contribution in [-0.2, 0) is 6.42 Å². The van der Waals surface area contributed by atoms with Crippen molar-refractivity contribution in [2.75, 3.05) is 11.4 Å². The first-order chi connectivity index (χ1) is 9.66. The van der Waals surface area contributed by atoms with Crippen molar-refractivity contribution in [3.63, 3.8) is 0 Å². The van der Waals surface area contributed by atoms with Gasteiger partial charge in [0, 0.05) is 16.7 Å². The summed E-state index contributed by atoms with van der Waals surface area (Å²) in [4.78, 5) is 13.5. The number of rotatable bonds is 2. The van der Waals surface area contributed by atoms with Crippen molar-refractivity contribution in [2.24, 2.45) is 0 Å². The minimum absolute atomic E-state index is 0.338. The van der Waals surface area contributed by atoms with Crippen molar-refractivity contribution >= 4 is 33.3 Å². The van der Waals surface area contributed by atoms with Crippen LogP contribution < -0.4 is 4.90 Å². The molecule has 3 nitrogen and oxygen atoms in total. The summed E-state index contributed by atoms with van der Waals surface area (Å²) < 4.78 is 0.889. The van der Waals surface area contributed by atoms with E-state index in [4.69, 9.17) is 0 Å². The van der Waals surface area contributed by atoms with Gasteiger partial charge in [0.15, 0.2) is 0 Å². The van der Waals surface area contributed by atoms with Crippen LogP contribution in [0, 0.1) is 0 Å². The average molecular weight is 332 g/mol. The van der Waals surface area contributed by atoms with Crippen LogP contribution in [0.15, 0.2) is 46.9 Å². The van der Waals surface area contributed by atoms with Crippen LogP contribution >= 0.6 is 15.9 Å². The van der Waals surface area contributed by atoms with Crippen LogP contribution in [0.25, 0.3) is 0 Å². The summed E-state index contributed by atoms with van der Waals surface area (Å²) in [6, 6.07) is 13.5. The Balaban J connectivity index is 2.15. The van der Waals surface area contributed by atoms with Gasteiger partial charge in [-0.1, -0.05) is 34.1 Å². The van der Waals surface area contributed by atoms with Crippen molar-refractivity contribution < 1.29 is 9.90 Å². The summed E-state index contributed by atoms with van der Waals surface area (Å²) in [6.45, 7) is 0.841. The monoisotopic (exact) mass is 331 g/mol. The predicted molar refractivity (Wildman–Crippen MR) is 82.9 cm³/mol. The van der Waals surface area contributed by atoms with Crippen LogP contribution in [0.2, 0.25) is 0 Å². The zero-order chi connectivity index (χ0) is 14.1. The fraction of sp³-hybridized carbons (Fsp3) is 0.188. The number of carboxylic acids is 1. The lowest BCUT2D eigenvalue weighted by molar-refractivity contribution is 0.0697. The van der Waals surface area contributed by atoms with Gasteiger partial charge < -0.3 is 10.0 Å². The molecule has 0 bridgehead atoms. The SMILES string of the molecule is O=C(O)c1ccc(Br)cc1N1CCCc2ccccc21. The van der Waals surface area contributed by atoms with Gasteiger partial charge in [0.1, 0.15) is 0 Å². The number of nitrogens with zero attached hydrogens (tertiary/aromatic N) is 1. The van der Waals surface area contributed by atoms with E-state index >= 15 is 0 Å². The number of aromatic carboxylic acids is 1. The quantitative estimate of drug-likeness (QED) is 0.895. The lowest BCUT2D eigenvalue weighted by Gasteiger charge is -2.32. The number of benzene rings is 2. The summed E-state index contributed by atoms with van der Waals surface area (Å²) in [5.41, 5.74) is 3.47. The fourth-order valence-electron chi connectivity index (χ4n) is 2.69. The number of carbonyl (C=O) groups is 1. The third-order valence-corrected chi connectivity index (χ3v) is 4.08. The molecule has 20 heavy (non-hydrogen) atoms. The average Bonchev–Trinajstić information content (AvgIpc) is 2.46. The van der Waals surface area contributed by atoms with Crippen LogP contribution in [0.5, 0.6) is 0 Å². The van der Waals surface area contributed by atoms with Gasteiger partial charge in [0.05, 0.1) is 11.3 Å². The topological polar surface area (TPSA) is 40.5 Å². The van der Waals surface area contributed by atoms with Gasteiger partial charge in [-0.15, -0.1) is 0 Å². The molecule has 2 aromatic rings. The Kier molecular flexibility index (Phi) is 3.49. The van der Waals surface area contributed by atoms with E-state index in [-0.39, 0.29) is 0 Å². The van der Waals surface area contributed by atoms with Gasteiger partial charge >= 0.3 is 5.97 Å². The van der Waals surface area contributed by atoms with Crippen LogP contribution in [-0.4, -0.2) is 17.6 Å². The molecule has 0 saturated heterocycles. The van der Waals surface area contributed by atoms with Crippen LogP contribution in [0.4, 0.5) is 11.4 Å². The Labute approximate surface area is 126 Å². The number of hydrogen-bond donors (Lipinski definition) is 1. The van der Waals surface area contributed by atoms with Gasteiger partial charge in [-0.3, -0.25) is 0 Å². The van der Waals surface area contributed by atoms with E-state index < -0.39 is 5.97 Å². The summed E-state index contributed by atoms with van der Waals surface area (Å²) in [5.74, 6) is -0.893. The molecule has 0 aliphatic carbocycles. The molecule has 0 radical (unpaired) electrons. The number of carboxylic acid groups (broad SMARTS) is 1. The number of anilines is 2. The van der Waals surface area contributed by atoms with Crippen LogP contribution in [0.1, 0.15) is 22.3 Å². The van der Waals surface area contributed by atoms with Gasteiger partial charge in [-0.25, -0.2) is 4.79 Å². The molecule has 3 rings (SSSR count). The van der Waals surface area contributed by atoms with Gasteiger partial charge in [0.25, 0.3) is 0 Å². The molecule has 1 heterocycles. The molecule has 4 heteroatoms. The minimum atomic E-state index is -0.893. The second kappa shape index (κ2) is 5.29. The maximum Gasteiger partial charge on any atom is 0.337 e. The molecule has 102 valence electrons.